The van der Waals surface area contributed by atoms with Crippen molar-refractivity contribution in [3.05, 3.63) is 40.3 Å². The molecule has 3 nitrogen and oxygen atoms in total. The minimum Gasteiger partial charge on any atom is -0.506 e. The molecule has 1 heterocycles. The van der Waals surface area contributed by atoms with Crippen LogP contribution in [0.15, 0.2) is 24.3 Å². The van der Waals surface area contributed by atoms with Crippen molar-refractivity contribution in [2.45, 2.75) is 39.0 Å². The van der Waals surface area contributed by atoms with Crippen LogP contribution in [0.1, 0.15) is 58.2 Å². The van der Waals surface area contributed by atoms with Gasteiger partial charge in [-0.05, 0) is 42.7 Å². The van der Waals surface area contributed by atoms with Crippen LogP contribution in [0.25, 0.3) is 10.4 Å². The molecule has 0 radical (unpaired) electrons. The predicted octanol–water partition coefficient (Wildman–Crippen LogP) is 4.87. The fourth-order valence-electron chi connectivity index (χ4n) is 2.40. The number of hydrogen-bond acceptors (Lipinski definition) is 4. The number of unbranched alkanes of at least 4 members (excludes halogenated alkanes) is 3. The van der Waals surface area contributed by atoms with Crippen LogP contribution < -0.4 is 0 Å². The number of phenolic OH excluding ortho intramolecular Hbond substituents is 1. The number of aromatic hydroxyl groups is 1. The molecule has 2 aromatic rings. The Morgan fingerprint density at radius 1 is 1.05 bits per heavy atom. The third-order valence-corrected chi connectivity index (χ3v) is 4.84. The topological polar surface area (TPSA) is 54.4 Å². The van der Waals surface area contributed by atoms with Gasteiger partial charge < -0.3 is 5.11 Å². The maximum atomic E-state index is 11.0. The molecule has 0 spiro atoms. The highest BCUT2D eigenvalue weighted by Crippen LogP contribution is 2.33. The van der Waals surface area contributed by atoms with Gasteiger partial charge in [-0.1, -0.05) is 26.2 Å². The summed E-state index contributed by atoms with van der Waals surface area (Å²) < 4.78 is 0. The Bertz CT molecular complexity index is 629. The Morgan fingerprint density at radius 2 is 1.73 bits per heavy atom. The Balaban J connectivity index is 2.20. The maximum absolute atomic E-state index is 11.0. The van der Waals surface area contributed by atoms with Gasteiger partial charge in [0.05, 0.1) is 11.1 Å². The number of carbonyl (C=O) groups excluding carboxylic acids is 2. The maximum Gasteiger partial charge on any atom is 0.153 e. The van der Waals surface area contributed by atoms with Gasteiger partial charge in [0.2, 0.25) is 0 Å². The highest BCUT2D eigenvalue weighted by Gasteiger charge is 2.11. The SMILES string of the molecule is CCCCCCc1ccc(-c2cc(C=O)c(O)c(C=O)c2)s1. The molecule has 22 heavy (non-hydrogen) atoms. The van der Waals surface area contributed by atoms with E-state index in [1.54, 1.807) is 23.5 Å². The Hall–Kier alpha value is -1.94. The summed E-state index contributed by atoms with van der Waals surface area (Å²) in [6.45, 7) is 2.20. The van der Waals surface area contributed by atoms with Crippen LogP contribution in [0.2, 0.25) is 0 Å². The van der Waals surface area contributed by atoms with Gasteiger partial charge in [-0.2, -0.15) is 0 Å². The molecule has 2 rings (SSSR count). The van der Waals surface area contributed by atoms with Gasteiger partial charge in [0.15, 0.2) is 12.6 Å². The third-order valence-electron chi connectivity index (χ3n) is 3.65. The van der Waals surface area contributed by atoms with Crippen LogP contribution in [0.4, 0.5) is 0 Å². The molecule has 4 heteroatoms. The van der Waals surface area contributed by atoms with Gasteiger partial charge in [-0.3, -0.25) is 9.59 Å². The standard InChI is InChI=1S/C18H20O3S/c1-2-3-4-5-6-16-7-8-17(22-16)13-9-14(11-19)18(21)15(10-13)12-20/h7-12,21H,2-6H2,1H3. The molecule has 0 aliphatic rings. The van der Waals surface area contributed by atoms with E-state index in [1.807, 2.05) is 6.07 Å². The molecule has 0 aliphatic carbocycles. The summed E-state index contributed by atoms with van der Waals surface area (Å²) in [5.74, 6) is -0.245. The summed E-state index contributed by atoms with van der Waals surface area (Å²) in [5, 5.41) is 9.77. The summed E-state index contributed by atoms with van der Waals surface area (Å²) in [5.41, 5.74) is 1.10. The first-order valence-electron chi connectivity index (χ1n) is 7.56. The lowest BCUT2D eigenvalue weighted by atomic mass is 10.0. The van der Waals surface area contributed by atoms with Crippen molar-refractivity contribution in [3.63, 3.8) is 0 Å². The number of carbonyl (C=O) groups is 2. The molecule has 0 aliphatic heterocycles. The van der Waals surface area contributed by atoms with E-state index in [-0.39, 0.29) is 16.9 Å². The summed E-state index contributed by atoms with van der Waals surface area (Å²) in [7, 11) is 0. The molecule has 116 valence electrons. The Kier molecular flexibility index (Phi) is 5.90. The molecule has 1 aromatic carbocycles. The highest BCUT2D eigenvalue weighted by atomic mass is 32.1. The van der Waals surface area contributed by atoms with E-state index in [0.29, 0.717) is 12.6 Å². The van der Waals surface area contributed by atoms with E-state index in [1.165, 1.54) is 30.6 Å². The molecule has 0 saturated heterocycles. The van der Waals surface area contributed by atoms with Crippen molar-refractivity contribution < 1.29 is 14.7 Å². The van der Waals surface area contributed by atoms with Crippen LogP contribution in [0.3, 0.4) is 0 Å². The second kappa shape index (κ2) is 7.90. The van der Waals surface area contributed by atoms with Crippen molar-refractivity contribution >= 4 is 23.9 Å². The largest absolute Gasteiger partial charge is 0.506 e. The van der Waals surface area contributed by atoms with Crippen LogP contribution in [-0.4, -0.2) is 17.7 Å². The normalized spacial score (nSPS) is 10.6. The summed E-state index contributed by atoms with van der Waals surface area (Å²) in [4.78, 5) is 24.3. The lowest BCUT2D eigenvalue weighted by Crippen LogP contribution is -1.90. The monoisotopic (exact) mass is 316 g/mol. The first-order valence-corrected chi connectivity index (χ1v) is 8.37. The minimum absolute atomic E-state index is 0.150. The molecule has 0 fully saturated rings. The second-order valence-corrected chi connectivity index (χ2v) is 6.48. The summed E-state index contributed by atoms with van der Waals surface area (Å²) in [6.07, 6.45) is 7.13. The van der Waals surface area contributed by atoms with Gasteiger partial charge in [0, 0.05) is 9.75 Å². The quantitative estimate of drug-likeness (QED) is 0.558. The molecule has 0 bridgehead atoms. The first-order chi connectivity index (χ1) is 10.7. The minimum atomic E-state index is -0.245. The molecular formula is C18H20O3S. The van der Waals surface area contributed by atoms with Gasteiger partial charge >= 0.3 is 0 Å². The zero-order chi connectivity index (χ0) is 15.9. The van der Waals surface area contributed by atoms with E-state index < -0.39 is 0 Å². The van der Waals surface area contributed by atoms with Gasteiger partial charge in [0.1, 0.15) is 5.75 Å². The van der Waals surface area contributed by atoms with Crippen LogP contribution in [0, 0.1) is 0 Å². The fraction of sp³-hybridized carbons (Fsp3) is 0.333. The number of thiophene rings is 1. The van der Waals surface area contributed by atoms with Gasteiger partial charge in [0.25, 0.3) is 0 Å². The van der Waals surface area contributed by atoms with Crippen molar-refractivity contribution in [2.75, 3.05) is 0 Å². The zero-order valence-electron chi connectivity index (χ0n) is 12.7. The van der Waals surface area contributed by atoms with E-state index >= 15 is 0 Å². The lowest BCUT2D eigenvalue weighted by molar-refractivity contribution is 0.112. The number of rotatable bonds is 8. The van der Waals surface area contributed by atoms with Crippen molar-refractivity contribution in [3.8, 4) is 16.2 Å². The Labute approximate surface area is 134 Å². The zero-order valence-corrected chi connectivity index (χ0v) is 13.5. The van der Waals surface area contributed by atoms with Crippen LogP contribution in [-0.2, 0) is 6.42 Å². The average molecular weight is 316 g/mol. The number of aldehydes is 2. The van der Waals surface area contributed by atoms with Gasteiger partial charge in [-0.15, -0.1) is 11.3 Å². The number of phenols is 1. The highest BCUT2D eigenvalue weighted by molar-refractivity contribution is 7.15. The van der Waals surface area contributed by atoms with E-state index in [0.717, 1.165) is 16.9 Å². The van der Waals surface area contributed by atoms with Gasteiger partial charge in [-0.25, -0.2) is 0 Å². The van der Waals surface area contributed by atoms with Crippen molar-refractivity contribution in [2.24, 2.45) is 0 Å². The molecule has 0 unspecified atom stereocenters. The number of aryl methyl sites for hydroxylation is 1. The number of benzene rings is 1. The van der Waals surface area contributed by atoms with Crippen molar-refractivity contribution in [1.29, 1.82) is 0 Å². The summed E-state index contributed by atoms with van der Waals surface area (Å²) in [6, 6.07) is 7.36. The van der Waals surface area contributed by atoms with Crippen molar-refractivity contribution in [1.82, 2.24) is 0 Å². The molecule has 1 aromatic heterocycles. The molecule has 0 amide bonds. The second-order valence-electron chi connectivity index (χ2n) is 5.32. The van der Waals surface area contributed by atoms with Crippen LogP contribution in [0.5, 0.6) is 5.75 Å². The molecule has 1 N–H and O–H groups in total. The predicted molar refractivity (Wildman–Crippen MR) is 90.0 cm³/mol. The summed E-state index contributed by atoms with van der Waals surface area (Å²) >= 11 is 1.67. The average Bonchev–Trinajstić information content (AvgIpc) is 3.00. The fourth-order valence-corrected chi connectivity index (χ4v) is 3.43. The van der Waals surface area contributed by atoms with E-state index in [9.17, 15) is 14.7 Å². The molecular weight excluding hydrogens is 296 g/mol. The first kappa shape index (κ1) is 16.4. The van der Waals surface area contributed by atoms with E-state index in [4.69, 9.17) is 0 Å². The number of hydrogen-bond donors (Lipinski definition) is 1. The van der Waals surface area contributed by atoms with E-state index in [2.05, 4.69) is 13.0 Å². The Morgan fingerprint density at radius 3 is 2.32 bits per heavy atom. The molecule has 0 saturated carbocycles. The van der Waals surface area contributed by atoms with Crippen LogP contribution >= 0.6 is 11.3 Å². The lowest BCUT2D eigenvalue weighted by Gasteiger charge is -2.05. The third kappa shape index (κ3) is 3.83. The smallest absolute Gasteiger partial charge is 0.153 e. The molecule has 0 atom stereocenters.